The summed E-state index contributed by atoms with van der Waals surface area (Å²) < 4.78 is 57.8. The van der Waals surface area contributed by atoms with Gasteiger partial charge in [0.1, 0.15) is 67.6 Å². The van der Waals surface area contributed by atoms with E-state index < -0.39 is 141 Å². The molecule has 2 aliphatic carbocycles. The van der Waals surface area contributed by atoms with Crippen molar-refractivity contribution in [1.29, 1.82) is 0 Å². The molecule has 5 aliphatic heterocycles. The van der Waals surface area contributed by atoms with Crippen LogP contribution in [0.2, 0.25) is 0 Å². The Labute approximate surface area is 359 Å². The topological polar surface area (TPSA) is 309 Å². The van der Waals surface area contributed by atoms with Gasteiger partial charge in [-0.2, -0.15) is 0 Å². The Morgan fingerprint density at radius 3 is 2.25 bits per heavy atom. The fourth-order valence-electron chi connectivity index (χ4n) is 9.17. The zero-order valence-electron chi connectivity index (χ0n) is 33.7. The monoisotopic (exact) mass is 890 g/mol. The van der Waals surface area contributed by atoms with Gasteiger partial charge in [-0.15, -0.1) is 0 Å². The van der Waals surface area contributed by atoms with Crippen LogP contribution in [0.15, 0.2) is 71.7 Å². The number of epoxide rings is 1. The predicted octanol–water partition coefficient (Wildman–Crippen LogP) is -2.45. The minimum Gasteiger partial charge on any atom is -0.472 e. The van der Waals surface area contributed by atoms with Gasteiger partial charge in [0, 0.05) is 30.4 Å². The molecule has 0 amide bonds. The molecule has 8 rings (SSSR count). The van der Waals surface area contributed by atoms with Crippen molar-refractivity contribution in [2.24, 2.45) is 17.8 Å². The third-order valence-electron chi connectivity index (χ3n) is 12.5. The summed E-state index contributed by atoms with van der Waals surface area (Å²) >= 11 is 0. The molecule has 7 aliphatic rings. The molecule has 1 aromatic rings. The maximum Gasteiger partial charge on any atom is 0.338 e. The maximum atomic E-state index is 14.2. The molecule has 18 atom stereocenters. The molecular weight excluding hydrogens is 840 g/mol. The first-order chi connectivity index (χ1) is 30.3. The first kappa shape index (κ1) is 45.2. The molecular formula is C42H50O21. The number of benzene rings is 1. The van der Waals surface area contributed by atoms with E-state index in [-0.39, 0.29) is 37.2 Å². The molecule has 5 heterocycles. The average molecular weight is 891 g/mol. The van der Waals surface area contributed by atoms with Crippen LogP contribution in [0.25, 0.3) is 6.08 Å². The minimum absolute atomic E-state index is 0.117. The lowest BCUT2D eigenvalue weighted by Crippen LogP contribution is -2.62. The van der Waals surface area contributed by atoms with Gasteiger partial charge in [-0.05, 0) is 36.1 Å². The second kappa shape index (κ2) is 18.6. The highest BCUT2D eigenvalue weighted by molar-refractivity contribution is 5.90. The number of rotatable bonds is 14. The Morgan fingerprint density at radius 1 is 0.825 bits per heavy atom. The van der Waals surface area contributed by atoms with Gasteiger partial charge in [-0.3, -0.25) is 4.79 Å². The maximum absolute atomic E-state index is 14.2. The van der Waals surface area contributed by atoms with Gasteiger partial charge in [0.15, 0.2) is 12.4 Å². The second-order valence-corrected chi connectivity index (χ2v) is 16.3. The van der Waals surface area contributed by atoms with E-state index >= 15 is 0 Å². The average Bonchev–Trinajstić information content (AvgIpc) is 3.77. The van der Waals surface area contributed by atoms with Crippen molar-refractivity contribution in [2.45, 2.75) is 112 Å². The van der Waals surface area contributed by atoms with Crippen LogP contribution in [0.4, 0.5) is 0 Å². The van der Waals surface area contributed by atoms with Crippen LogP contribution in [0, 0.1) is 17.8 Å². The number of aliphatic hydroxyl groups is 8. The SMILES string of the molecule is CC(=O)OCC1=C2[C@H](O[C@@H]3O[C@H](CO)[C@@H](O)[C@H](O)[C@H]3O)OC=C(C(=O)O[C@H]3[C@H](O[C@@H]4OC=C[C@@H]5[C@H](O)[C@@H]6O[C@]6(COC(=O)/C=C/c6ccccc6)[C@H]45)O[C@H](CO)[C@@H](O)[C@@H]3O)[C@@H]2CC1. The summed E-state index contributed by atoms with van der Waals surface area (Å²) in [6.07, 6.45) is -14.2. The zero-order valence-corrected chi connectivity index (χ0v) is 33.7. The van der Waals surface area contributed by atoms with Crippen LogP contribution in [0.3, 0.4) is 0 Å². The predicted molar refractivity (Wildman–Crippen MR) is 204 cm³/mol. The van der Waals surface area contributed by atoms with E-state index in [0.29, 0.717) is 5.57 Å². The molecule has 344 valence electrons. The highest BCUT2D eigenvalue weighted by Crippen LogP contribution is 2.60. The summed E-state index contributed by atoms with van der Waals surface area (Å²) in [5.74, 6) is -4.69. The molecule has 1 saturated carbocycles. The molecule has 0 unspecified atom stereocenters. The molecule has 0 radical (unpaired) electrons. The largest absolute Gasteiger partial charge is 0.472 e. The molecule has 4 fully saturated rings. The smallest absolute Gasteiger partial charge is 0.338 e. The van der Waals surface area contributed by atoms with Crippen LogP contribution < -0.4 is 0 Å². The van der Waals surface area contributed by atoms with Crippen molar-refractivity contribution >= 4 is 24.0 Å². The summed E-state index contributed by atoms with van der Waals surface area (Å²) in [6, 6.07) is 9.06. The highest BCUT2D eigenvalue weighted by Gasteiger charge is 2.76. The number of carbonyl (C=O) groups excluding carboxylic acids is 3. The van der Waals surface area contributed by atoms with E-state index in [0.717, 1.165) is 11.8 Å². The molecule has 21 heteroatoms. The van der Waals surface area contributed by atoms with Crippen LogP contribution in [0.5, 0.6) is 0 Å². The third kappa shape index (κ3) is 8.78. The number of aliphatic hydroxyl groups excluding tert-OH is 8. The van der Waals surface area contributed by atoms with Gasteiger partial charge in [-0.25, -0.2) is 9.59 Å². The quantitative estimate of drug-likeness (QED) is 0.0316. The number of ether oxygens (including phenoxy) is 10. The molecule has 8 N–H and O–H groups in total. The molecule has 0 aromatic heterocycles. The third-order valence-corrected chi connectivity index (χ3v) is 12.5. The van der Waals surface area contributed by atoms with Crippen LogP contribution >= 0.6 is 0 Å². The summed E-state index contributed by atoms with van der Waals surface area (Å²) in [5, 5.41) is 84.5. The van der Waals surface area contributed by atoms with E-state index in [1.807, 2.05) is 18.2 Å². The van der Waals surface area contributed by atoms with Crippen molar-refractivity contribution in [1.82, 2.24) is 0 Å². The van der Waals surface area contributed by atoms with E-state index in [1.54, 1.807) is 24.3 Å². The first-order valence-electron chi connectivity index (χ1n) is 20.5. The Kier molecular flexibility index (Phi) is 13.4. The van der Waals surface area contributed by atoms with Crippen LogP contribution in [-0.4, -0.2) is 177 Å². The van der Waals surface area contributed by atoms with Crippen LogP contribution in [0.1, 0.15) is 25.3 Å². The van der Waals surface area contributed by atoms with Gasteiger partial charge in [-0.1, -0.05) is 30.3 Å². The van der Waals surface area contributed by atoms with E-state index in [1.165, 1.54) is 19.3 Å². The van der Waals surface area contributed by atoms with E-state index in [4.69, 9.17) is 47.4 Å². The molecule has 0 spiro atoms. The number of carbonyl (C=O) groups is 3. The van der Waals surface area contributed by atoms with E-state index in [9.17, 15) is 55.2 Å². The lowest BCUT2D eigenvalue weighted by molar-refractivity contribution is -0.345. The standard InChI is InChI=1S/C42H50O21/c1-18(45)55-15-20-8-9-21-23(16-56-38(27(20)21)61-40-34(52)32(50)30(48)24(13-43)58-40)37(53)60-35-33(51)31(49)25(14-44)59-41(35)62-39-28-22(11-12-54-39)29(47)36-42(28,63-36)17-57-26(46)10-7-19-5-3-2-4-6-19/h2-7,10-12,16,21-22,24-25,28-36,38-41,43-44,47-52H,8-9,13-15,17H2,1H3/b10-7+/t21-,22-,24+,25+,28-,29-,30+,31+,32-,33-,34+,35+,36-,38-,39-,40-,41-,42+/m0/s1. The summed E-state index contributed by atoms with van der Waals surface area (Å²) in [7, 11) is 0. The Balaban J connectivity index is 1.01. The number of fused-ring (bicyclic) bond motifs is 4. The highest BCUT2D eigenvalue weighted by atomic mass is 16.8. The minimum atomic E-state index is -1.91. The number of hydrogen-bond acceptors (Lipinski definition) is 21. The van der Waals surface area contributed by atoms with Crippen LogP contribution in [-0.2, 0) is 61.8 Å². The lowest BCUT2D eigenvalue weighted by Gasteiger charge is -2.44. The van der Waals surface area contributed by atoms with Gasteiger partial charge < -0.3 is 88.2 Å². The van der Waals surface area contributed by atoms with Crippen molar-refractivity contribution in [3.63, 3.8) is 0 Å². The normalized spacial score (nSPS) is 41.4. The van der Waals surface area contributed by atoms with Crippen molar-refractivity contribution in [2.75, 3.05) is 26.4 Å². The number of esters is 3. The second-order valence-electron chi connectivity index (χ2n) is 16.3. The Bertz CT molecular complexity index is 1970. The van der Waals surface area contributed by atoms with Gasteiger partial charge >= 0.3 is 17.9 Å². The molecule has 21 nitrogen and oxygen atoms in total. The summed E-state index contributed by atoms with van der Waals surface area (Å²) in [5.41, 5.74) is 0.133. The number of hydrogen-bond donors (Lipinski definition) is 8. The Morgan fingerprint density at radius 2 is 1.54 bits per heavy atom. The van der Waals surface area contributed by atoms with Crippen molar-refractivity contribution in [3.05, 3.63) is 77.3 Å². The van der Waals surface area contributed by atoms with Gasteiger partial charge in [0.25, 0.3) is 0 Å². The fraction of sp³-hybridized carbons (Fsp3) is 0.595. The Hall–Kier alpha value is -4.33. The van der Waals surface area contributed by atoms with Crippen molar-refractivity contribution in [3.8, 4) is 0 Å². The lowest BCUT2D eigenvalue weighted by atomic mass is 9.85. The molecule has 3 saturated heterocycles. The van der Waals surface area contributed by atoms with Gasteiger partial charge in [0.05, 0.1) is 43.3 Å². The first-order valence-corrected chi connectivity index (χ1v) is 20.5. The fourth-order valence-corrected chi connectivity index (χ4v) is 9.17. The molecule has 0 bridgehead atoms. The van der Waals surface area contributed by atoms with Gasteiger partial charge in [0.2, 0.25) is 18.9 Å². The molecule has 1 aromatic carbocycles. The zero-order chi connectivity index (χ0) is 44.7. The summed E-state index contributed by atoms with van der Waals surface area (Å²) in [4.78, 5) is 38.7. The van der Waals surface area contributed by atoms with Crippen molar-refractivity contribution < 1.29 is 103 Å². The summed E-state index contributed by atoms with van der Waals surface area (Å²) in [6.45, 7) is -0.849. The van der Waals surface area contributed by atoms with E-state index in [2.05, 4.69) is 0 Å². The molecule has 63 heavy (non-hydrogen) atoms.